The van der Waals surface area contributed by atoms with E-state index in [0.29, 0.717) is 41.3 Å². The summed E-state index contributed by atoms with van der Waals surface area (Å²) in [5.41, 5.74) is 1.15. The predicted molar refractivity (Wildman–Crippen MR) is 125 cm³/mol. The van der Waals surface area contributed by atoms with E-state index in [9.17, 15) is 18.0 Å². The molecule has 1 heterocycles. The van der Waals surface area contributed by atoms with Gasteiger partial charge in [-0.3, -0.25) is 4.79 Å². The van der Waals surface area contributed by atoms with E-state index in [2.05, 4.69) is 0 Å². The first-order valence-electron chi connectivity index (χ1n) is 11.2. The molecule has 0 spiro atoms. The molecule has 184 valence electrons. The Labute approximate surface area is 202 Å². The molecule has 1 amide bonds. The number of para-hydroxylation sites is 1. The molecule has 1 aliphatic rings. The Kier molecular flexibility index (Phi) is 6.91. The number of alkyl halides is 3. The Morgan fingerprint density at radius 3 is 2.31 bits per heavy atom. The lowest BCUT2D eigenvalue weighted by atomic mass is 9.86. The van der Waals surface area contributed by atoms with Crippen molar-refractivity contribution in [2.75, 3.05) is 20.8 Å². The van der Waals surface area contributed by atoms with Crippen molar-refractivity contribution in [3.8, 4) is 17.2 Å². The first kappa shape index (κ1) is 24.4. The lowest BCUT2D eigenvalue weighted by molar-refractivity contribution is -0.140. The van der Waals surface area contributed by atoms with E-state index in [1.54, 1.807) is 48.2 Å². The summed E-state index contributed by atoms with van der Waals surface area (Å²) in [6.07, 6.45) is -4.84. The van der Waals surface area contributed by atoms with Gasteiger partial charge in [-0.1, -0.05) is 30.3 Å². The zero-order valence-corrected chi connectivity index (χ0v) is 19.6. The summed E-state index contributed by atoms with van der Waals surface area (Å²) in [6.45, 7) is 1.95. The van der Waals surface area contributed by atoms with E-state index in [0.717, 1.165) is 17.7 Å². The van der Waals surface area contributed by atoms with Crippen LogP contribution >= 0.6 is 0 Å². The molecular weight excluding hydrogens is 459 g/mol. The summed E-state index contributed by atoms with van der Waals surface area (Å²) in [5, 5.41) is 0. The van der Waals surface area contributed by atoms with E-state index < -0.39 is 23.9 Å². The van der Waals surface area contributed by atoms with Crippen LogP contribution in [0.2, 0.25) is 0 Å². The molecule has 8 heteroatoms. The lowest BCUT2D eigenvalue weighted by Crippen LogP contribution is -2.46. The number of hydrogen-bond acceptors (Lipinski definition) is 4. The predicted octanol–water partition coefficient (Wildman–Crippen LogP) is 5.66. The third-order valence-electron chi connectivity index (χ3n) is 6.09. The van der Waals surface area contributed by atoms with Crippen LogP contribution in [0.3, 0.4) is 0 Å². The van der Waals surface area contributed by atoms with Crippen LogP contribution < -0.4 is 14.2 Å². The normalized spacial score (nSPS) is 16.3. The molecule has 35 heavy (non-hydrogen) atoms. The topological polar surface area (TPSA) is 48.0 Å². The molecule has 1 aliphatic heterocycles. The number of rotatable bonds is 6. The molecule has 0 saturated carbocycles. The van der Waals surface area contributed by atoms with E-state index in [1.165, 1.54) is 20.3 Å². The van der Waals surface area contributed by atoms with Crippen LogP contribution in [0.4, 0.5) is 13.2 Å². The molecule has 4 rings (SSSR count). The average Bonchev–Trinajstić information content (AvgIpc) is 2.86. The highest BCUT2D eigenvalue weighted by molar-refractivity contribution is 5.82. The van der Waals surface area contributed by atoms with Crippen LogP contribution in [0, 0.1) is 0 Å². The Hall–Kier alpha value is -3.68. The first-order chi connectivity index (χ1) is 16.7. The molecule has 0 fully saturated rings. The minimum absolute atomic E-state index is 0.310. The van der Waals surface area contributed by atoms with Gasteiger partial charge in [0.2, 0.25) is 0 Å². The van der Waals surface area contributed by atoms with Gasteiger partial charge in [0.1, 0.15) is 5.75 Å². The molecule has 2 atom stereocenters. The molecule has 0 N–H and O–H groups in total. The summed E-state index contributed by atoms with van der Waals surface area (Å²) in [4.78, 5) is 15.2. The zero-order chi connectivity index (χ0) is 25.2. The highest BCUT2D eigenvalue weighted by Gasteiger charge is 2.37. The Morgan fingerprint density at radius 1 is 0.971 bits per heavy atom. The van der Waals surface area contributed by atoms with Crippen LogP contribution in [0.5, 0.6) is 17.2 Å². The summed E-state index contributed by atoms with van der Waals surface area (Å²) in [5.74, 6) is 1.17. The van der Waals surface area contributed by atoms with Crippen molar-refractivity contribution in [2.24, 2.45) is 0 Å². The van der Waals surface area contributed by atoms with Crippen LogP contribution in [-0.4, -0.2) is 37.7 Å². The highest BCUT2D eigenvalue weighted by Crippen LogP contribution is 2.42. The smallest absolute Gasteiger partial charge is 0.416 e. The van der Waals surface area contributed by atoms with Gasteiger partial charge in [-0.05, 0) is 66.4 Å². The molecule has 0 aromatic heterocycles. The van der Waals surface area contributed by atoms with Crippen molar-refractivity contribution >= 4 is 5.91 Å². The largest absolute Gasteiger partial charge is 0.493 e. The van der Waals surface area contributed by atoms with Gasteiger partial charge in [0.15, 0.2) is 17.6 Å². The number of halogens is 3. The van der Waals surface area contributed by atoms with E-state index in [1.807, 2.05) is 12.1 Å². The molecule has 3 aromatic rings. The standard InChI is InChI=1S/C27H26F3NO4/c1-17(35-21-10-5-4-6-11-21)26(32)31-13-12-18-15-23(33-2)24(34-3)16-22(18)25(31)19-8-7-9-20(14-19)27(28,29)30/h4-11,14-17,25H,12-13H2,1-3H3/t17-,25+/m0/s1. The maximum absolute atomic E-state index is 13.6. The van der Waals surface area contributed by atoms with Gasteiger partial charge in [-0.2, -0.15) is 13.2 Å². The van der Waals surface area contributed by atoms with Gasteiger partial charge < -0.3 is 19.1 Å². The summed E-state index contributed by atoms with van der Waals surface area (Å²) < 4.78 is 57.3. The SMILES string of the molecule is COc1cc2c(cc1OC)[C@@H](c1cccc(C(F)(F)F)c1)N(C(=O)[C@H](C)Oc1ccccc1)CC2. The zero-order valence-electron chi connectivity index (χ0n) is 19.6. The van der Waals surface area contributed by atoms with Gasteiger partial charge in [-0.15, -0.1) is 0 Å². The van der Waals surface area contributed by atoms with Gasteiger partial charge in [0, 0.05) is 6.54 Å². The maximum atomic E-state index is 13.6. The van der Waals surface area contributed by atoms with Crippen molar-refractivity contribution in [3.63, 3.8) is 0 Å². The number of carbonyl (C=O) groups is 1. The monoisotopic (exact) mass is 485 g/mol. The number of hydrogen-bond donors (Lipinski definition) is 0. The summed E-state index contributed by atoms with van der Waals surface area (Å²) in [6, 6.07) is 16.8. The third kappa shape index (κ3) is 5.06. The fourth-order valence-electron chi connectivity index (χ4n) is 4.41. The molecule has 0 saturated heterocycles. The summed E-state index contributed by atoms with van der Waals surface area (Å²) in [7, 11) is 3.01. The van der Waals surface area contributed by atoms with Crippen molar-refractivity contribution in [1.29, 1.82) is 0 Å². The van der Waals surface area contributed by atoms with Gasteiger partial charge in [0.25, 0.3) is 5.91 Å². The number of benzene rings is 3. The minimum atomic E-state index is -4.51. The number of methoxy groups -OCH3 is 2. The summed E-state index contributed by atoms with van der Waals surface area (Å²) >= 11 is 0. The third-order valence-corrected chi connectivity index (χ3v) is 6.09. The molecule has 0 unspecified atom stereocenters. The quantitative estimate of drug-likeness (QED) is 0.452. The van der Waals surface area contributed by atoms with E-state index >= 15 is 0 Å². The van der Waals surface area contributed by atoms with Gasteiger partial charge in [0.05, 0.1) is 25.8 Å². The second-order valence-electron chi connectivity index (χ2n) is 8.29. The van der Waals surface area contributed by atoms with Crippen molar-refractivity contribution in [3.05, 3.63) is 89.0 Å². The molecule has 5 nitrogen and oxygen atoms in total. The van der Waals surface area contributed by atoms with Crippen LogP contribution in [0.25, 0.3) is 0 Å². The fourth-order valence-corrected chi connectivity index (χ4v) is 4.41. The number of amides is 1. The second-order valence-corrected chi connectivity index (χ2v) is 8.29. The molecule has 0 aliphatic carbocycles. The van der Waals surface area contributed by atoms with Gasteiger partial charge in [-0.25, -0.2) is 0 Å². The lowest BCUT2D eigenvalue weighted by Gasteiger charge is -2.39. The molecular formula is C27H26F3NO4. The Balaban J connectivity index is 1.79. The van der Waals surface area contributed by atoms with Gasteiger partial charge >= 0.3 is 6.18 Å². The Bertz CT molecular complexity index is 1200. The molecule has 0 bridgehead atoms. The Morgan fingerprint density at radius 2 is 1.66 bits per heavy atom. The number of nitrogens with zero attached hydrogens (tertiary/aromatic N) is 1. The van der Waals surface area contributed by atoms with Crippen LogP contribution in [0.1, 0.15) is 35.2 Å². The van der Waals surface area contributed by atoms with Crippen molar-refractivity contribution in [1.82, 2.24) is 4.90 Å². The number of ether oxygens (including phenoxy) is 3. The van der Waals surface area contributed by atoms with Crippen LogP contribution in [-0.2, 0) is 17.4 Å². The van der Waals surface area contributed by atoms with E-state index in [-0.39, 0.29) is 5.91 Å². The molecule has 0 radical (unpaired) electrons. The van der Waals surface area contributed by atoms with Crippen LogP contribution in [0.15, 0.2) is 66.7 Å². The average molecular weight is 486 g/mol. The van der Waals surface area contributed by atoms with Crippen molar-refractivity contribution < 1.29 is 32.2 Å². The minimum Gasteiger partial charge on any atom is -0.493 e. The number of carbonyl (C=O) groups excluding carboxylic acids is 1. The highest BCUT2D eigenvalue weighted by atomic mass is 19.4. The second kappa shape index (κ2) is 9.90. The number of fused-ring (bicyclic) bond motifs is 1. The first-order valence-corrected chi connectivity index (χ1v) is 11.2. The molecule has 3 aromatic carbocycles. The van der Waals surface area contributed by atoms with Crippen molar-refractivity contribution in [2.45, 2.75) is 31.7 Å². The van der Waals surface area contributed by atoms with E-state index in [4.69, 9.17) is 14.2 Å². The fraction of sp³-hybridized carbons (Fsp3) is 0.296. The maximum Gasteiger partial charge on any atom is 0.416 e.